The molecule has 0 saturated carbocycles. The number of likely N-dealkylation sites (tertiary alicyclic amines) is 1. The Morgan fingerprint density at radius 2 is 1.92 bits per heavy atom. The van der Waals surface area contributed by atoms with Crippen molar-refractivity contribution in [3.05, 3.63) is 80.5 Å². The van der Waals surface area contributed by atoms with Crippen molar-refractivity contribution in [3.63, 3.8) is 0 Å². The van der Waals surface area contributed by atoms with Crippen molar-refractivity contribution in [3.8, 4) is 0 Å². The molecule has 1 atom stereocenters. The monoisotopic (exact) mass is 349 g/mol. The van der Waals surface area contributed by atoms with Gasteiger partial charge in [-0.15, -0.1) is 0 Å². The molecule has 0 radical (unpaired) electrons. The second kappa shape index (κ2) is 6.29. The van der Waals surface area contributed by atoms with Crippen LogP contribution in [0, 0.1) is 0 Å². The van der Waals surface area contributed by atoms with Crippen molar-refractivity contribution in [2.24, 2.45) is 0 Å². The number of hydrogen-bond acceptors (Lipinski definition) is 3. The second-order valence-corrected chi connectivity index (χ2v) is 6.45. The molecule has 6 nitrogen and oxygen atoms in total. The van der Waals surface area contributed by atoms with Gasteiger partial charge >= 0.3 is 5.69 Å². The first kappa shape index (κ1) is 16.3. The minimum Gasteiger partial charge on any atom is -0.331 e. The Morgan fingerprint density at radius 3 is 2.58 bits per heavy atom. The summed E-state index contributed by atoms with van der Waals surface area (Å²) in [4.78, 5) is 41.8. The van der Waals surface area contributed by atoms with Crippen LogP contribution in [0.3, 0.4) is 0 Å². The van der Waals surface area contributed by atoms with Crippen LogP contribution in [0.25, 0.3) is 10.9 Å². The van der Waals surface area contributed by atoms with Gasteiger partial charge in [0.25, 0.3) is 11.5 Å². The van der Waals surface area contributed by atoms with Crippen molar-refractivity contribution < 1.29 is 4.79 Å². The van der Waals surface area contributed by atoms with Crippen molar-refractivity contribution in [1.82, 2.24) is 14.5 Å². The maximum Gasteiger partial charge on any atom is 0.328 e. The summed E-state index contributed by atoms with van der Waals surface area (Å²) in [5, 5.41) is 0.409. The number of amides is 1. The average molecular weight is 349 g/mol. The number of fused-ring (bicyclic) bond motifs is 1. The van der Waals surface area contributed by atoms with Crippen LogP contribution in [0.2, 0.25) is 0 Å². The Labute approximate surface area is 149 Å². The summed E-state index contributed by atoms with van der Waals surface area (Å²) in [5.74, 6) is -0.0903. The van der Waals surface area contributed by atoms with Crippen LogP contribution < -0.4 is 11.2 Å². The van der Waals surface area contributed by atoms with E-state index in [0.717, 1.165) is 16.6 Å². The number of nitrogens with one attached hydrogen (secondary N) is 1. The van der Waals surface area contributed by atoms with Crippen LogP contribution in [0.4, 0.5) is 0 Å². The molecular weight excluding hydrogens is 330 g/mol. The SMILES string of the molecule is CCn1c(=O)[nH]c2cc(C(=O)N3CC[C@H]3c3ccccc3)ccc2c1=O. The van der Waals surface area contributed by atoms with Crippen LogP contribution in [0.1, 0.15) is 35.3 Å². The normalized spacial score (nSPS) is 16.5. The zero-order valence-electron chi connectivity index (χ0n) is 14.4. The van der Waals surface area contributed by atoms with Crippen LogP contribution in [-0.4, -0.2) is 26.9 Å². The third-order valence-corrected chi connectivity index (χ3v) is 5.01. The summed E-state index contributed by atoms with van der Waals surface area (Å²) in [6.45, 7) is 2.75. The minimum atomic E-state index is -0.458. The molecule has 1 saturated heterocycles. The predicted molar refractivity (Wildman–Crippen MR) is 99.3 cm³/mol. The van der Waals surface area contributed by atoms with Gasteiger partial charge in [-0.05, 0) is 37.1 Å². The van der Waals surface area contributed by atoms with E-state index in [1.165, 1.54) is 0 Å². The highest BCUT2D eigenvalue weighted by molar-refractivity contribution is 5.98. The first-order chi connectivity index (χ1) is 12.6. The topological polar surface area (TPSA) is 75.2 Å². The second-order valence-electron chi connectivity index (χ2n) is 6.45. The van der Waals surface area contributed by atoms with Gasteiger partial charge in [-0.25, -0.2) is 4.79 Å². The van der Waals surface area contributed by atoms with Crippen molar-refractivity contribution in [2.45, 2.75) is 25.9 Å². The van der Waals surface area contributed by atoms with Gasteiger partial charge in [-0.1, -0.05) is 30.3 Å². The third kappa shape index (κ3) is 2.54. The maximum absolute atomic E-state index is 12.9. The van der Waals surface area contributed by atoms with Gasteiger partial charge in [0.1, 0.15) is 0 Å². The van der Waals surface area contributed by atoms with E-state index in [2.05, 4.69) is 4.98 Å². The molecule has 132 valence electrons. The Balaban J connectivity index is 1.70. The molecule has 0 unspecified atom stereocenters. The zero-order valence-corrected chi connectivity index (χ0v) is 14.4. The van der Waals surface area contributed by atoms with E-state index in [4.69, 9.17) is 0 Å². The lowest BCUT2D eigenvalue weighted by atomic mass is 9.93. The summed E-state index contributed by atoms with van der Waals surface area (Å²) < 4.78 is 1.14. The van der Waals surface area contributed by atoms with E-state index in [1.807, 2.05) is 35.2 Å². The van der Waals surface area contributed by atoms with Gasteiger partial charge in [-0.3, -0.25) is 14.2 Å². The number of carbonyl (C=O) groups is 1. The number of benzene rings is 2. The molecule has 0 spiro atoms. The number of nitrogens with zero attached hydrogens (tertiary/aromatic N) is 2. The van der Waals surface area contributed by atoms with Crippen LogP contribution in [0.15, 0.2) is 58.1 Å². The van der Waals surface area contributed by atoms with Gasteiger partial charge in [-0.2, -0.15) is 0 Å². The molecule has 1 aromatic heterocycles. The van der Waals surface area contributed by atoms with Crippen molar-refractivity contribution in [1.29, 1.82) is 0 Å². The summed E-state index contributed by atoms with van der Waals surface area (Å²) >= 11 is 0. The first-order valence-electron chi connectivity index (χ1n) is 8.73. The van der Waals surface area contributed by atoms with E-state index < -0.39 is 5.69 Å². The number of carbonyl (C=O) groups excluding carboxylic acids is 1. The first-order valence-corrected chi connectivity index (χ1v) is 8.73. The van der Waals surface area contributed by atoms with E-state index in [9.17, 15) is 14.4 Å². The van der Waals surface area contributed by atoms with E-state index in [1.54, 1.807) is 25.1 Å². The van der Waals surface area contributed by atoms with Crippen LogP contribution in [-0.2, 0) is 6.54 Å². The van der Waals surface area contributed by atoms with Gasteiger partial charge in [0, 0.05) is 18.7 Å². The quantitative estimate of drug-likeness (QED) is 0.788. The smallest absolute Gasteiger partial charge is 0.328 e. The van der Waals surface area contributed by atoms with Gasteiger partial charge in [0.2, 0.25) is 0 Å². The lowest BCUT2D eigenvalue weighted by Crippen LogP contribution is -2.45. The van der Waals surface area contributed by atoms with Crippen LogP contribution in [0.5, 0.6) is 0 Å². The van der Waals surface area contributed by atoms with Crippen LogP contribution >= 0.6 is 0 Å². The van der Waals surface area contributed by atoms with Crippen molar-refractivity contribution >= 4 is 16.8 Å². The molecule has 1 aliphatic heterocycles. The van der Waals surface area contributed by atoms with E-state index >= 15 is 0 Å². The number of rotatable bonds is 3. The molecule has 26 heavy (non-hydrogen) atoms. The van der Waals surface area contributed by atoms with Crippen molar-refractivity contribution in [2.75, 3.05) is 6.54 Å². The molecule has 1 fully saturated rings. The third-order valence-electron chi connectivity index (χ3n) is 5.01. The van der Waals surface area contributed by atoms with E-state index in [-0.39, 0.29) is 17.5 Å². The van der Waals surface area contributed by atoms with Gasteiger partial charge < -0.3 is 9.88 Å². The summed E-state index contributed by atoms with van der Waals surface area (Å²) in [6.07, 6.45) is 0.932. The fraction of sp³-hybridized carbons (Fsp3) is 0.250. The Kier molecular flexibility index (Phi) is 3.95. The Hall–Kier alpha value is -3.15. The van der Waals surface area contributed by atoms with Gasteiger partial charge in [0.15, 0.2) is 0 Å². The molecular formula is C20H19N3O3. The fourth-order valence-corrected chi connectivity index (χ4v) is 3.49. The number of aromatic amines is 1. The number of aromatic nitrogens is 2. The summed E-state index contributed by atoms with van der Waals surface area (Å²) in [6, 6.07) is 14.9. The molecule has 6 heteroatoms. The lowest BCUT2D eigenvalue weighted by molar-refractivity contribution is 0.0460. The molecule has 0 aliphatic carbocycles. The van der Waals surface area contributed by atoms with Gasteiger partial charge in [0.05, 0.1) is 16.9 Å². The highest BCUT2D eigenvalue weighted by Crippen LogP contribution is 2.34. The summed E-state index contributed by atoms with van der Waals surface area (Å²) in [7, 11) is 0. The number of hydrogen-bond donors (Lipinski definition) is 1. The highest BCUT2D eigenvalue weighted by Gasteiger charge is 2.33. The molecule has 4 rings (SSSR count). The largest absolute Gasteiger partial charge is 0.331 e. The molecule has 1 N–H and O–H groups in total. The molecule has 2 aromatic carbocycles. The maximum atomic E-state index is 12.9. The summed E-state index contributed by atoms with van der Waals surface area (Å²) in [5.41, 5.74) is 1.19. The predicted octanol–water partition coefficient (Wildman–Crippen LogP) is 2.30. The fourth-order valence-electron chi connectivity index (χ4n) is 3.49. The molecule has 1 aliphatic rings. The lowest BCUT2D eigenvalue weighted by Gasteiger charge is -2.41. The molecule has 0 bridgehead atoms. The Bertz CT molecular complexity index is 1100. The highest BCUT2D eigenvalue weighted by atomic mass is 16.2. The number of H-pyrrole nitrogens is 1. The molecule has 2 heterocycles. The Morgan fingerprint density at radius 1 is 1.15 bits per heavy atom. The molecule has 3 aromatic rings. The standard InChI is InChI=1S/C20H19N3O3/c1-2-22-19(25)15-9-8-14(12-16(15)21-20(22)26)18(24)23-11-10-17(23)13-6-4-3-5-7-13/h3-9,12,17H,2,10-11H2,1H3,(H,21,26)/t17-/m0/s1. The zero-order chi connectivity index (χ0) is 18.3. The molecule has 1 amide bonds. The van der Waals surface area contributed by atoms with E-state index in [0.29, 0.717) is 29.6 Å². The minimum absolute atomic E-state index is 0.0755. The average Bonchev–Trinajstić information content (AvgIpc) is 2.61.